The molecule has 1 N–H and O–H groups in total. The van der Waals surface area contributed by atoms with Crippen molar-refractivity contribution in [3.05, 3.63) is 27.1 Å². The fraction of sp³-hybridized carbons (Fsp3) is 0.467. The van der Waals surface area contributed by atoms with Gasteiger partial charge in [0.2, 0.25) is 5.91 Å². The van der Waals surface area contributed by atoms with Crippen molar-refractivity contribution in [2.75, 3.05) is 11.4 Å². The Morgan fingerprint density at radius 3 is 2.29 bits per heavy atom. The van der Waals surface area contributed by atoms with Crippen molar-refractivity contribution < 1.29 is 9.59 Å². The van der Waals surface area contributed by atoms with E-state index < -0.39 is 5.54 Å². The molecule has 6 heteroatoms. The Balaban J connectivity index is 2.52. The number of para-hydroxylation sites is 1. The fourth-order valence-corrected chi connectivity index (χ4v) is 4.07. The van der Waals surface area contributed by atoms with Crippen LogP contribution in [0.2, 0.25) is 0 Å². The zero-order valence-corrected chi connectivity index (χ0v) is 15.3. The third kappa shape index (κ3) is 3.01. The molecule has 0 radical (unpaired) electrons. The molecule has 2 amide bonds. The Bertz CT molecular complexity index is 551. The number of nitrogens with zero attached hydrogens (tertiary/aromatic N) is 1. The first kappa shape index (κ1) is 16.5. The molecular weight excluding hydrogens is 400 g/mol. The summed E-state index contributed by atoms with van der Waals surface area (Å²) in [4.78, 5) is 26.8. The molecule has 0 atom stereocenters. The van der Waals surface area contributed by atoms with E-state index in [1.54, 1.807) is 4.90 Å². The minimum Gasteiger partial charge on any atom is -0.342 e. The molecule has 1 aliphatic heterocycles. The maximum absolute atomic E-state index is 13.0. The van der Waals surface area contributed by atoms with Crippen molar-refractivity contribution in [1.29, 1.82) is 0 Å². The summed E-state index contributed by atoms with van der Waals surface area (Å²) in [6.07, 6.45) is 1.46. The molecule has 1 heterocycles. The molecule has 21 heavy (non-hydrogen) atoms. The summed E-state index contributed by atoms with van der Waals surface area (Å²) in [6.45, 7) is 4.24. The van der Waals surface area contributed by atoms with Gasteiger partial charge in [0.05, 0.1) is 5.69 Å². The van der Waals surface area contributed by atoms with Crippen molar-refractivity contribution in [1.82, 2.24) is 5.32 Å². The lowest BCUT2D eigenvalue weighted by Gasteiger charge is -2.34. The lowest BCUT2D eigenvalue weighted by Crippen LogP contribution is -2.56. The van der Waals surface area contributed by atoms with Crippen molar-refractivity contribution in [3.63, 3.8) is 0 Å². The highest BCUT2D eigenvalue weighted by Crippen LogP contribution is 2.37. The number of carbonyl (C=O) groups is 2. The van der Waals surface area contributed by atoms with Gasteiger partial charge in [-0.1, -0.05) is 19.9 Å². The lowest BCUT2D eigenvalue weighted by molar-refractivity contribution is -0.130. The average Bonchev–Trinajstić information content (AvgIpc) is 2.58. The second-order valence-corrected chi connectivity index (χ2v) is 6.82. The predicted octanol–water partition coefficient (Wildman–Crippen LogP) is 3.62. The van der Waals surface area contributed by atoms with Crippen LogP contribution in [0.25, 0.3) is 0 Å². The van der Waals surface area contributed by atoms with Gasteiger partial charge < -0.3 is 10.2 Å². The Morgan fingerprint density at radius 1 is 1.19 bits per heavy atom. The number of halogens is 2. The molecule has 0 bridgehead atoms. The summed E-state index contributed by atoms with van der Waals surface area (Å²) in [5, 5.41) is 2.92. The quantitative estimate of drug-likeness (QED) is 0.816. The zero-order valence-electron chi connectivity index (χ0n) is 12.1. The zero-order chi connectivity index (χ0) is 15.6. The number of amides is 2. The number of nitrogens with one attached hydrogen (secondary N) is 1. The standard InChI is InChI=1S/C15H18Br2N2O2/c1-3-15(4-2)14(21)19(9-8-12(20)18-15)13-10(16)6-5-7-11(13)17/h5-7H,3-4,8-9H2,1-2H3,(H,18,20). The maximum Gasteiger partial charge on any atom is 0.252 e. The maximum atomic E-state index is 13.0. The smallest absolute Gasteiger partial charge is 0.252 e. The number of carbonyl (C=O) groups excluding carboxylic acids is 2. The Hall–Kier alpha value is -0.880. The van der Waals surface area contributed by atoms with E-state index in [1.807, 2.05) is 32.0 Å². The molecule has 0 aliphatic carbocycles. The summed E-state index contributed by atoms with van der Waals surface area (Å²) < 4.78 is 1.67. The van der Waals surface area contributed by atoms with E-state index >= 15 is 0 Å². The average molecular weight is 418 g/mol. The van der Waals surface area contributed by atoms with E-state index in [0.29, 0.717) is 25.8 Å². The number of rotatable bonds is 3. The van der Waals surface area contributed by atoms with Crippen LogP contribution in [-0.4, -0.2) is 23.9 Å². The highest BCUT2D eigenvalue weighted by Gasteiger charge is 2.42. The molecule has 1 aromatic rings. The molecule has 114 valence electrons. The second kappa shape index (κ2) is 6.48. The lowest BCUT2D eigenvalue weighted by atomic mass is 9.91. The number of hydrogen-bond acceptors (Lipinski definition) is 2. The predicted molar refractivity (Wildman–Crippen MR) is 90.3 cm³/mol. The van der Waals surface area contributed by atoms with Crippen LogP contribution >= 0.6 is 31.9 Å². The van der Waals surface area contributed by atoms with E-state index in [1.165, 1.54) is 0 Å². The van der Waals surface area contributed by atoms with Crippen LogP contribution in [0.15, 0.2) is 27.1 Å². The molecule has 1 saturated heterocycles. The van der Waals surface area contributed by atoms with Gasteiger partial charge >= 0.3 is 0 Å². The highest BCUT2D eigenvalue weighted by molar-refractivity contribution is 9.11. The van der Waals surface area contributed by atoms with Crippen LogP contribution in [0.1, 0.15) is 33.1 Å². The summed E-state index contributed by atoms with van der Waals surface area (Å²) in [7, 11) is 0. The minimum atomic E-state index is -0.817. The number of hydrogen-bond donors (Lipinski definition) is 1. The molecule has 4 nitrogen and oxygen atoms in total. The van der Waals surface area contributed by atoms with Gasteiger partial charge in [0.15, 0.2) is 0 Å². The molecule has 0 spiro atoms. The molecule has 0 aromatic heterocycles. The van der Waals surface area contributed by atoms with E-state index in [2.05, 4.69) is 37.2 Å². The summed E-state index contributed by atoms with van der Waals surface area (Å²) in [6, 6.07) is 5.69. The van der Waals surface area contributed by atoms with Gasteiger partial charge in [-0.3, -0.25) is 9.59 Å². The minimum absolute atomic E-state index is 0.0500. The van der Waals surface area contributed by atoms with E-state index in [9.17, 15) is 9.59 Å². The van der Waals surface area contributed by atoms with Crippen LogP contribution < -0.4 is 10.2 Å². The normalized spacial score (nSPS) is 18.4. The second-order valence-electron chi connectivity index (χ2n) is 5.11. The molecule has 2 rings (SSSR count). The molecular formula is C15H18Br2N2O2. The van der Waals surface area contributed by atoms with Gasteiger partial charge in [0.1, 0.15) is 5.54 Å². The van der Waals surface area contributed by atoms with E-state index in [-0.39, 0.29) is 11.8 Å². The van der Waals surface area contributed by atoms with Gasteiger partial charge in [-0.2, -0.15) is 0 Å². The van der Waals surface area contributed by atoms with Crippen LogP contribution in [-0.2, 0) is 9.59 Å². The summed E-state index contributed by atoms with van der Waals surface area (Å²) >= 11 is 7.01. The van der Waals surface area contributed by atoms with Crippen LogP contribution in [0.4, 0.5) is 5.69 Å². The third-order valence-corrected chi connectivity index (χ3v) is 5.29. The van der Waals surface area contributed by atoms with Crippen LogP contribution in [0.5, 0.6) is 0 Å². The number of benzene rings is 1. The van der Waals surface area contributed by atoms with Gasteiger partial charge in [-0.25, -0.2) is 0 Å². The van der Waals surface area contributed by atoms with Crippen LogP contribution in [0, 0.1) is 0 Å². The van der Waals surface area contributed by atoms with Gasteiger partial charge in [-0.15, -0.1) is 0 Å². The summed E-state index contributed by atoms with van der Waals surface area (Å²) in [5.41, 5.74) is -0.0345. The molecule has 1 aliphatic rings. The van der Waals surface area contributed by atoms with Crippen molar-refractivity contribution in [2.45, 2.75) is 38.6 Å². The monoisotopic (exact) mass is 416 g/mol. The molecule has 0 saturated carbocycles. The van der Waals surface area contributed by atoms with Gasteiger partial charge in [-0.05, 0) is 56.8 Å². The van der Waals surface area contributed by atoms with Crippen LogP contribution in [0.3, 0.4) is 0 Å². The molecule has 1 fully saturated rings. The fourth-order valence-electron chi connectivity index (χ4n) is 2.65. The highest BCUT2D eigenvalue weighted by atomic mass is 79.9. The molecule has 1 aromatic carbocycles. The topological polar surface area (TPSA) is 49.4 Å². The van der Waals surface area contributed by atoms with Gasteiger partial charge in [0, 0.05) is 21.9 Å². The third-order valence-electron chi connectivity index (χ3n) is 4.01. The first-order valence-electron chi connectivity index (χ1n) is 7.02. The van der Waals surface area contributed by atoms with Gasteiger partial charge in [0.25, 0.3) is 5.91 Å². The summed E-state index contributed by atoms with van der Waals surface area (Å²) in [5.74, 6) is -0.122. The van der Waals surface area contributed by atoms with E-state index in [0.717, 1.165) is 14.6 Å². The van der Waals surface area contributed by atoms with Crippen molar-refractivity contribution in [2.24, 2.45) is 0 Å². The number of anilines is 1. The SMILES string of the molecule is CCC1(CC)NC(=O)CCN(c2c(Br)cccc2Br)C1=O. The van der Waals surface area contributed by atoms with E-state index in [4.69, 9.17) is 0 Å². The van der Waals surface area contributed by atoms with Crippen molar-refractivity contribution in [3.8, 4) is 0 Å². The van der Waals surface area contributed by atoms with Crippen molar-refractivity contribution >= 4 is 49.4 Å². The first-order chi connectivity index (χ1) is 9.95. The molecule has 0 unspecified atom stereocenters. The Kier molecular flexibility index (Phi) is 5.09. The largest absolute Gasteiger partial charge is 0.342 e. The Morgan fingerprint density at radius 2 is 1.76 bits per heavy atom. The Labute approximate surface area is 141 Å². The first-order valence-corrected chi connectivity index (χ1v) is 8.60.